The van der Waals surface area contributed by atoms with Gasteiger partial charge in [-0.1, -0.05) is 0 Å². The number of halogens is 1. The van der Waals surface area contributed by atoms with Gasteiger partial charge in [-0.15, -0.1) is 0 Å². The SMILES string of the molecule is Cc1cc(NC(=O)c2ccc(F)cc2)nc(C)n1. The second-order valence-electron chi connectivity index (χ2n) is 3.90. The van der Waals surface area contributed by atoms with Crippen LogP contribution in [0.1, 0.15) is 21.9 Å². The highest BCUT2D eigenvalue weighted by atomic mass is 19.1. The van der Waals surface area contributed by atoms with E-state index in [4.69, 9.17) is 0 Å². The molecule has 0 aliphatic heterocycles. The molecule has 4 nitrogen and oxygen atoms in total. The Kier molecular flexibility index (Phi) is 3.32. The summed E-state index contributed by atoms with van der Waals surface area (Å²) < 4.78 is 12.7. The second-order valence-corrected chi connectivity index (χ2v) is 3.90. The zero-order chi connectivity index (χ0) is 13.1. The molecule has 18 heavy (non-hydrogen) atoms. The normalized spacial score (nSPS) is 10.2. The van der Waals surface area contributed by atoms with E-state index in [1.54, 1.807) is 13.0 Å². The van der Waals surface area contributed by atoms with Gasteiger partial charge in [0.05, 0.1) is 0 Å². The van der Waals surface area contributed by atoms with Crippen LogP contribution in [0.15, 0.2) is 30.3 Å². The lowest BCUT2D eigenvalue weighted by Crippen LogP contribution is -2.13. The quantitative estimate of drug-likeness (QED) is 0.884. The van der Waals surface area contributed by atoms with Gasteiger partial charge in [-0.05, 0) is 38.1 Å². The molecule has 0 aliphatic carbocycles. The van der Waals surface area contributed by atoms with E-state index in [2.05, 4.69) is 15.3 Å². The number of nitrogens with zero attached hydrogens (tertiary/aromatic N) is 2. The zero-order valence-electron chi connectivity index (χ0n) is 10.1. The van der Waals surface area contributed by atoms with Gasteiger partial charge in [-0.2, -0.15) is 0 Å². The van der Waals surface area contributed by atoms with Crippen molar-refractivity contribution in [3.8, 4) is 0 Å². The van der Waals surface area contributed by atoms with Gasteiger partial charge in [0.25, 0.3) is 5.91 Å². The third-order valence-electron chi connectivity index (χ3n) is 2.31. The number of nitrogens with one attached hydrogen (secondary N) is 1. The van der Waals surface area contributed by atoms with E-state index in [1.165, 1.54) is 24.3 Å². The number of hydrogen-bond donors (Lipinski definition) is 1. The molecule has 0 spiro atoms. The van der Waals surface area contributed by atoms with Gasteiger partial charge in [0, 0.05) is 17.3 Å². The standard InChI is InChI=1S/C13H12FN3O/c1-8-7-12(16-9(2)15-8)17-13(18)10-3-5-11(14)6-4-10/h3-7H,1-2H3,(H,15,16,17,18). The first-order valence-electron chi connectivity index (χ1n) is 5.44. The van der Waals surface area contributed by atoms with Crippen molar-refractivity contribution in [1.82, 2.24) is 9.97 Å². The number of carbonyl (C=O) groups excluding carboxylic acids is 1. The van der Waals surface area contributed by atoms with E-state index in [1.807, 2.05) is 6.92 Å². The van der Waals surface area contributed by atoms with E-state index in [9.17, 15) is 9.18 Å². The van der Waals surface area contributed by atoms with Gasteiger partial charge in [-0.3, -0.25) is 4.79 Å². The van der Waals surface area contributed by atoms with Crippen LogP contribution in [0.25, 0.3) is 0 Å². The van der Waals surface area contributed by atoms with Crippen LogP contribution in [0.5, 0.6) is 0 Å². The van der Waals surface area contributed by atoms with Crippen molar-refractivity contribution in [2.24, 2.45) is 0 Å². The Labute approximate surface area is 104 Å². The number of amides is 1. The van der Waals surface area contributed by atoms with Crippen molar-refractivity contribution in [3.63, 3.8) is 0 Å². The number of rotatable bonds is 2. The molecule has 1 aromatic carbocycles. The smallest absolute Gasteiger partial charge is 0.256 e. The van der Waals surface area contributed by atoms with Crippen LogP contribution in [0, 0.1) is 19.7 Å². The molecular formula is C13H12FN3O. The Balaban J connectivity index is 2.18. The van der Waals surface area contributed by atoms with Gasteiger partial charge < -0.3 is 5.32 Å². The minimum Gasteiger partial charge on any atom is -0.306 e. The van der Waals surface area contributed by atoms with Crippen LogP contribution in [0.3, 0.4) is 0 Å². The molecule has 0 aliphatic rings. The van der Waals surface area contributed by atoms with E-state index < -0.39 is 0 Å². The summed E-state index contributed by atoms with van der Waals surface area (Å²) in [6.45, 7) is 3.57. The highest BCUT2D eigenvalue weighted by Crippen LogP contribution is 2.09. The molecule has 5 heteroatoms. The van der Waals surface area contributed by atoms with Crippen molar-refractivity contribution < 1.29 is 9.18 Å². The maximum absolute atomic E-state index is 12.7. The van der Waals surface area contributed by atoms with Gasteiger partial charge >= 0.3 is 0 Å². The fraction of sp³-hybridized carbons (Fsp3) is 0.154. The molecule has 0 saturated carbocycles. The summed E-state index contributed by atoms with van der Waals surface area (Å²) in [5.41, 5.74) is 1.15. The molecule has 0 atom stereocenters. The first-order chi connectivity index (χ1) is 8.54. The molecular weight excluding hydrogens is 233 g/mol. The van der Waals surface area contributed by atoms with E-state index in [0.29, 0.717) is 17.2 Å². The molecule has 1 N–H and O–H groups in total. The van der Waals surface area contributed by atoms with Crippen LogP contribution in [-0.2, 0) is 0 Å². The summed E-state index contributed by atoms with van der Waals surface area (Å²) in [7, 11) is 0. The first kappa shape index (κ1) is 12.2. The monoisotopic (exact) mass is 245 g/mol. The molecule has 0 radical (unpaired) electrons. The average molecular weight is 245 g/mol. The third-order valence-corrected chi connectivity index (χ3v) is 2.31. The maximum atomic E-state index is 12.7. The summed E-state index contributed by atoms with van der Waals surface area (Å²) in [5, 5.41) is 2.65. The van der Waals surface area contributed by atoms with E-state index >= 15 is 0 Å². The van der Waals surface area contributed by atoms with Crippen molar-refractivity contribution in [2.45, 2.75) is 13.8 Å². The van der Waals surface area contributed by atoms with Crippen molar-refractivity contribution >= 4 is 11.7 Å². The lowest BCUT2D eigenvalue weighted by molar-refractivity contribution is 0.102. The number of anilines is 1. The number of carbonyl (C=O) groups is 1. The molecule has 1 amide bonds. The molecule has 1 aromatic heterocycles. The number of benzene rings is 1. The lowest BCUT2D eigenvalue weighted by Gasteiger charge is -2.06. The topological polar surface area (TPSA) is 54.9 Å². The predicted octanol–water partition coefficient (Wildman–Crippen LogP) is 2.48. The Morgan fingerprint density at radius 2 is 1.83 bits per heavy atom. The minimum absolute atomic E-state index is 0.326. The van der Waals surface area contributed by atoms with Gasteiger partial charge in [0.1, 0.15) is 17.5 Å². The third kappa shape index (κ3) is 2.88. The van der Waals surface area contributed by atoms with Gasteiger partial charge in [-0.25, -0.2) is 14.4 Å². The summed E-state index contributed by atoms with van der Waals surface area (Å²) in [4.78, 5) is 20.1. The first-order valence-corrected chi connectivity index (χ1v) is 5.44. The number of aromatic nitrogens is 2. The Hall–Kier alpha value is -2.30. The second kappa shape index (κ2) is 4.91. The van der Waals surface area contributed by atoms with E-state index in [0.717, 1.165) is 5.69 Å². The van der Waals surface area contributed by atoms with Crippen LogP contribution >= 0.6 is 0 Å². The summed E-state index contributed by atoms with van der Waals surface area (Å²) in [5.74, 6) is 0.325. The summed E-state index contributed by atoms with van der Waals surface area (Å²) in [6, 6.07) is 7.00. The molecule has 0 bridgehead atoms. The number of aryl methyl sites for hydroxylation is 2. The molecule has 0 saturated heterocycles. The molecule has 2 rings (SSSR count). The van der Waals surface area contributed by atoms with Crippen LogP contribution in [0.2, 0.25) is 0 Å². The average Bonchev–Trinajstić information content (AvgIpc) is 2.28. The highest BCUT2D eigenvalue weighted by molar-refractivity contribution is 6.03. The van der Waals surface area contributed by atoms with Crippen molar-refractivity contribution in [3.05, 3.63) is 53.2 Å². The van der Waals surface area contributed by atoms with Gasteiger partial charge in [0.2, 0.25) is 0 Å². The Morgan fingerprint density at radius 1 is 1.17 bits per heavy atom. The van der Waals surface area contributed by atoms with Crippen molar-refractivity contribution in [2.75, 3.05) is 5.32 Å². The largest absolute Gasteiger partial charge is 0.306 e. The van der Waals surface area contributed by atoms with E-state index in [-0.39, 0.29) is 11.7 Å². The number of hydrogen-bond acceptors (Lipinski definition) is 3. The Morgan fingerprint density at radius 3 is 2.44 bits per heavy atom. The van der Waals surface area contributed by atoms with Gasteiger partial charge in [0.15, 0.2) is 0 Å². The molecule has 0 unspecified atom stereocenters. The maximum Gasteiger partial charge on any atom is 0.256 e. The predicted molar refractivity (Wildman–Crippen MR) is 65.9 cm³/mol. The zero-order valence-corrected chi connectivity index (χ0v) is 10.1. The van der Waals surface area contributed by atoms with Crippen molar-refractivity contribution in [1.29, 1.82) is 0 Å². The molecule has 2 aromatic rings. The summed E-state index contributed by atoms with van der Waals surface area (Å²) in [6.07, 6.45) is 0. The van der Waals surface area contributed by atoms with Crippen LogP contribution in [-0.4, -0.2) is 15.9 Å². The highest BCUT2D eigenvalue weighted by Gasteiger charge is 2.07. The van der Waals surface area contributed by atoms with Crippen LogP contribution in [0.4, 0.5) is 10.2 Å². The molecule has 92 valence electrons. The lowest BCUT2D eigenvalue weighted by atomic mass is 10.2. The molecule has 1 heterocycles. The van der Waals surface area contributed by atoms with Crippen LogP contribution < -0.4 is 5.32 Å². The fourth-order valence-corrected chi connectivity index (χ4v) is 1.57. The Bertz CT molecular complexity index is 561. The fourth-order valence-electron chi connectivity index (χ4n) is 1.57. The summed E-state index contributed by atoms with van der Waals surface area (Å²) >= 11 is 0. The minimum atomic E-state index is -0.375. The molecule has 0 fully saturated rings.